The van der Waals surface area contributed by atoms with E-state index in [9.17, 15) is 0 Å². The van der Waals surface area contributed by atoms with Gasteiger partial charge in [-0.15, -0.1) is 0 Å². The number of hydrogen-bond donors (Lipinski definition) is 1. The summed E-state index contributed by atoms with van der Waals surface area (Å²) in [4.78, 5) is 4.69. The lowest BCUT2D eigenvalue weighted by molar-refractivity contribution is -0.506. The summed E-state index contributed by atoms with van der Waals surface area (Å²) in [5.41, 5.74) is 0. The van der Waals surface area contributed by atoms with Gasteiger partial charge in [0.2, 0.25) is 0 Å². The van der Waals surface area contributed by atoms with Crippen LogP contribution in [0.25, 0.3) is 0 Å². The summed E-state index contributed by atoms with van der Waals surface area (Å²) in [5.74, 6) is 0. The molecule has 0 aliphatic carbocycles. The molecule has 0 saturated heterocycles. The van der Waals surface area contributed by atoms with Gasteiger partial charge in [-0.3, -0.25) is 0 Å². The Kier molecular flexibility index (Phi) is 11.9. The fraction of sp³-hybridized carbons (Fsp3) is 1.00. The van der Waals surface area contributed by atoms with E-state index in [4.69, 9.17) is 10.1 Å². The van der Waals surface area contributed by atoms with E-state index in [1.807, 2.05) is 6.92 Å². The Hall–Kier alpha value is -0.120. The zero-order valence-corrected chi connectivity index (χ0v) is 10.2. The molecular weight excluding hydrogens is 192 g/mol. The molecule has 0 bridgehead atoms. The van der Waals surface area contributed by atoms with Crippen LogP contribution in [0, 0.1) is 0 Å². The van der Waals surface area contributed by atoms with E-state index in [2.05, 4.69) is 12.0 Å². The molecule has 0 heterocycles. The maximum absolute atomic E-state index is 8.15. The topological polar surface area (TPSA) is 38.7 Å². The van der Waals surface area contributed by atoms with Crippen molar-refractivity contribution >= 4 is 0 Å². The van der Waals surface area contributed by atoms with Crippen molar-refractivity contribution in [3.8, 4) is 0 Å². The molecule has 15 heavy (non-hydrogen) atoms. The minimum absolute atomic E-state index is 0.0469. The lowest BCUT2D eigenvalue weighted by atomic mass is 10.1. The van der Waals surface area contributed by atoms with Gasteiger partial charge in [-0.25, -0.2) is 10.1 Å². The van der Waals surface area contributed by atoms with Crippen LogP contribution < -0.4 is 0 Å². The molecule has 1 N–H and O–H groups in total. The first-order chi connectivity index (χ1) is 7.35. The Balaban J connectivity index is 3.14. The third-order valence-electron chi connectivity index (χ3n) is 2.76. The van der Waals surface area contributed by atoms with Crippen molar-refractivity contribution in [2.75, 3.05) is 0 Å². The normalized spacial score (nSPS) is 13.0. The molecule has 0 aromatic carbocycles. The SMILES string of the molecule is CCCCCCCCCC(CC)OOO. The summed E-state index contributed by atoms with van der Waals surface area (Å²) < 4.78 is 0. The van der Waals surface area contributed by atoms with Crippen LogP contribution in [0.3, 0.4) is 0 Å². The summed E-state index contributed by atoms with van der Waals surface area (Å²) in [6, 6.07) is 0. The second-order valence-electron chi connectivity index (χ2n) is 4.11. The van der Waals surface area contributed by atoms with Gasteiger partial charge in [-0.1, -0.05) is 63.8 Å². The fourth-order valence-electron chi connectivity index (χ4n) is 1.71. The van der Waals surface area contributed by atoms with Crippen LogP contribution in [-0.4, -0.2) is 11.4 Å². The van der Waals surface area contributed by atoms with Gasteiger partial charge < -0.3 is 0 Å². The predicted octanol–water partition coefficient (Wildman–Crippen LogP) is 4.33. The van der Waals surface area contributed by atoms with E-state index in [0.29, 0.717) is 0 Å². The van der Waals surface area contributed by atoms with Gasteiger partial charge in [-0.05, 0) is 12.8 Å². The van der Waals surface area contributed by atoms with Crippen molar-refractivity contribution in [1.82, 2.24) is 0 Å². The van der Waals surface area contributed by atoms with Crippen LogP contribution in [0.15, 0.2) is 0 Å². The summed E-state index contributed by atoms with van der Waals surface area (Å²) in [6.07, 6.45) is 11.0. The fourth-order valence-corrected chi connectivity index (χ4v) is 1.71. The highest BCUT2D eigenvalue weighted by Crippen LogP contribution is 2.12. The highest BCUT2D eigenvalue weighted by molar-refractivity contribution is 4.54. The lowest BCUT2D eigenvalue weighted by Crippen LogP contribution is -2.10. The van der Waals surface area contributed by atoms with E-state index in [-0.39, 0.29) is 6.10 Å². The largest absolute Gasteiger partial charge is 0.221 e. The average molecular weight is 218 g/mol. The van der Waals surface area contributed by atoms with Gasteiger partial charge >= 0.3 is 0 Å². The molecule has 0 aromatic heterocycles. The minimum Gasteiger partial charge on any atom is -0.221 e. The molecule has 0 radical (unpaired) electrons. The summed E-state index contributed by atoms with van der Waals surface area (Å²) >= 11 is 0. The second kappa shape index (κ2) is 12.0. The second-order valence-corrected chi connectivity index (χ2v) is 4.11. The zero-order valence-electron chi connectivity index (χ0n) is 10.2. The smallest absolute Gasteiger partial charge is 0.0958 e. The van der Waals surface area contributed by atoms with Crippen LogP contribution in [-0.2, 0) is 9.93 Å². The van der Waals surface area contributed by atoms with Gasteiger partial charge in [0.1, 0.15) is 0 Å². The van der Waals surface area contributed by atoms with Gasteiger partial charge in [0.15, 0.2) is 0 Å². The first kappa shape index (κ1) is 14.9. The van der Waals surface area contributed by atoms with E-state index >= 15 is 0 Å². The molecule has 0 fully saturated rings. The first-order valence-corrected chi connectivity index (χ1v) is 6.32. The minimum atomic E-state index is 0.0469. The van der Waals surface area contributed by atoms with Gasteiger partial charge in [0.05, 0.1) is 6.10 Å². The molecule has 3 heteroatoms. The Labute approximate surface area is 93.6 Å². The predicted molar refractivity (Wildman–Crippen MR) is 61.5 cm³/mol. The molecule has 92 valence electrons. The number of rotatable bonds is 11. The highest BCUT2D eigenvalue weighted by Gasteiger charge is 2.06. The third-order valence-corrected chi connectivity index (χ3v) is 2.76. The van der Waals surface area contributed by atoms with E-state index < -0.39 is 0 Å². The van der Waals surface area contributed by atoms with Gasteiger partial charge in [-0.2, -0.15) is 0 Å². The molecule has 0 aliphatic rings. The van der Waals surface area contributed by atoms with Crippen molar-refractivity contribution in [3.05, 3.63) is 0 Å². The van der Waals surface area contributed by atoms with Gasteiger partial charge in [0, 0.05) is 0 Å². The molecule has 1 atom stereocenters. The lowest BCUT2D eigenvalue weighted by Gasteiger charge is -2.11. The summed E-state index contributed by atoms with van der Waals surface area (Å²) in [7, 11) is 0. The van der Waals surface area contributed by atoms with E-state index in [1.54, 1.807) is 0 Å². The van der Waals surface area contributed by atoms with Crippen molar-refractivity contribution in [2.24, 2.45) is 0 Å². The van der Waals surface area contributed by atoms with Crippen LogP contribution in [0.4, 0.5) is 0 Å². The molecule has 0 saturated carbocycles. The Bertz CT molecular complexity index is 117. The van der Waals surface area contributed by atoms with Crippen LogP contribution in [0.2, 0.25) is 0 Å². The first-order valence-electron chi connectivity index (χ1n) is 6.32. The molecule has 0 rings (SSSR count). The van der Waals surface area contributed by atoms with Gasteiger partial charge in [0.25, 0.3) is 0 Å². The molecular formula is C12H26O3. The Morgan fingerprint density at radius 1 is 0.933 bits per heavy atom. The van der Waals surface area contributed by atoms with Crippen molar-refractivity contribution < 1.29 is 15.2 Å². The standard InChI is InChI=1S/C12H26O3/c1-3-5-6-7-8-9-10-11-12(4-2)14-15-13/h12-13H,3-11H2,1-2H3. The molecule has 3 nitrogen and oxygen atoms in total. The van der Waals surface area contributed by atoms with Crippen LogP contribution >= 0.6 is 0 Å². The molecule has 0 amide bonds. The maximum atomic E-state index is 8.15. The molecule has 0 aliphatic heterocycles. The van der Waals surface area contributed by atoms with E-state index in [1.165, 1.54) is 38.5 Å². The molecule has 0 aromatic rings. The van der Waals surface area contributed by atoms with E-state index in [0.717, 1.165) is 19.3 Å². The molecule has 1 unspecified atom stereocenters. The Morgan fingerprint density at radius 2 is 1.53 bits per heavy atom. The van der Waals surface area contributed by atoms with Crippen LogP contribution in [0.5, 0.6) is 0 Å². The van der Waals surface area contributed by atoms with Crippen LogP contribution in [0.1, 0.15) is 71.6 Å². The summed E-state index contributed by atoms with van der Waals surface area (Å²) in [5, 5.41) is 11.9. The summed E-state index contributed by atoms with van der Waals surface area (Å²) in [6.45, 7) is 4.27. The van der Waals surface area contributed by atoms with Crippen molar-refractivity contribution in [1.29, 1.82) is 0 Å². The quantitative estimate of drug-likeness (QED) is 0.319. The number of hydrogen-bond acceptors (Lipinski definition) is 3. The molecule has 0 spiro atoms. The number of unbranched alkanes of at least 4 members (excludes halogenated alkanes) is 6. The monoisotopic (exact) mass is 218 g/mol. The van der Waals surface area contributed by atoms with Crippen molar-refractivity contribution in [2.45, 2.75) is 77.7 Å². The van der Waals surface area contributed by atoms with Crippen molar-refractivity contribution in [3.63, 3.8) is 0 Å². The third kappa shape index (κ3) is 10.2. The highest BCUT2D eigenvalue weighted by atomic mass is 17.5. The zero-order chi connectivity index (χ0) is 11.4. The Morgan fingerprint density at radius 3 is 2.07 bits per heavy atom. The maximum Gasteiger partial charge on any atom is 0.0958 e. The average Bonchev–Trinajstić information content (AvgIpc) is 2.26.